The molecule has 0 unspecified atom stereocenters. The molecule has 0 N–H and O–H groups in total. The highest BCUT2D eigenvalue weighted by atomic mass is 127. The predicted molar refractivity (Wildman–Crippen MR) is 175 cm³/mol. The molecule has 0 aromatic heterocycles. The van der Waals surface area contributed by atoms with Gasteiger partial charge in [0.15, 0.2) is 3.51 Å². The molecule has 1 spiro atoms. The Morgan fingerprint density at radius 1 is 0.667 bits per heavy atom. The molecule has 4 aliphatic carbocycles. The van der Waals surface area contributed by atoms with Crippen molar-refractivity contribution in [3.05, 3.63) is 69.0 Å². The quantitative estimate of drug-likeness (QED) is 0.323. The van der Waals surface area contributed by atoms with E-state index >= 15 is 0 Å². The first-order valence-corrected chi connectivity index (χ1v) is 18.5. The van der Waals surface area contributed by atoms with Crippen LogP contribution in [-0.2, 0) is 41.6 Å². The molecule has 4 saturated carbocycles. The van der Waals surface area contributed by atoms with Crippen molar-refractivity contribution in [2.45, 2.75) is 51.0 Å². The zero-order valence-electron chi connectivity index (χ0n) is 25.6. The lowest BCUT2D eigenvalue weighted by Gasteiger charge is -2.59. The molecule has 9 rings (SSSR count). The first-order valence-electron chi connectivity index (χ1n) is 16.4. The standard InChI is InChI=1S/C24H28INO5.C11H14FNO/c27-22-21(25-20-3-1-15(2-4-20)14-26-5-7-29-8-6-26)23(28)31-24(30-22)18-10-16-9-17(12-18)13-19(24)11-16;12-11-3-1-10(2-4-11)9-13-5-7-14-8-6-13/h1-4,16-19H,5-14H2;1-4H,5-9H2/i;12-1. The molecule has 2 aromatic carbocycles. The zero-order valence-corrected chi connectivity index (χ0v) is 27.8. The van der Waals surface area contributed by atoms with Crippen LogP contribution in [0.1, 0.15) is 43.2 Å². The van der Waals surface area contributed by atoms with Crippen molar-refractivity contribution >= 4 is 36.2 Å². The van der Waals surface area contributed by atoms with Gasteiger partial charge in [-0.05, 0) is 79.3 Å². The molecule has 0 amide bonds. The van der Waals surface area contributed by atoms with Gasteiger partial charge >= 0.3 is 11.9 Å². The van der Waals surface area contributed by atoms with E-state index in [1.807, 2.05) is 24.3 Å². The third-order valence-corrected chi connectivity index (χ3v) is 13.0. The number of carbonyl (C=O) groups is 2. The molecule has 8 nitrogen and oxygen atoms in total. The summed E-state index contributed by atoms with van der Waals surface area (Å²) in [6.07, 6.45) is 5.42. The number of rotatable bonds is 5. The summed E-state index contributed by atoms with van der Waals surface area (Å²) in [7, 11) is 0. The number of ether oxygens (including phenoxy) is 4. The Morgan fingerprint density at radius 3 is 1.58 bits per heavy atom. The van der Waals surface area contributed by atoms with Crippen molar-refractivity contribution in [2.75, 3.05) is 52.6 Å². The van der Waals surface area contributed by atoms with Gasteiger partial charge in [-0.3, -0.25) is 9.80 Å². The molecular weight excluding hydrogens is 689 g/mol. The SMILES string of the molecule is O=C1OC2(OC(=O)C1=Ic1ccc(CN3CCOCC3)cc1)C1CC3CC(C1)CC2C3.[18F]c1ccc(CN2CCOCC2)cc1. The number of hydrogen-bond acceptors (Lipinski definition) is 8. The molecule has 10 heteroatoms. The maximum absolute atomic E-state index is 13.0. The number of hydrogen-bond donors (Lipinski definition) is 0. The highest BCUT2D eigenvalue weighted by Gasteiger charge is 2.64. The topological polar surface area (TPSA) is 77.5 Å². The predicted octanol–water partition coefficient (Wildman–Crippen LogP) is 4.74. The normalized spacial score (nSPS) is 31.4. The van der Waals surface area contributed by atoms with Crippen molar-refractivity contribution in [3.63, 3.8) is 0 Å². The molecule has 4 bridgehead atoms. The minimum atomic E-state index is -0.975. The fraction of sp³-hybridized carbons (Fsp3) is 0.571. The van der Waals surface area contributed by atoms with Crippen LogP contribution in [-0.4, -0.2) is 83.6 Å². The van der Waals surface area contributed by atoms with E-state index in [1.165, 1.54) is 24.1 Å². The van der Waals surface area contributed by atoms with Gasteiger partial charge in [0.2, 0.25) is 0 Å². The van der Waals surface area contributed by atoms with Gasteiger partial charge in [-0.1, -0.05) is 45.0 Å². The summed E-state index contributed by atoms with van der Waals surface area (Å²) in [6.45, 7) is 8.83. The van der Waals surface area contributed by atoms with Crippen molar-refractivity contribution in [1.82, 2.24) is 9.80 Å². The highest BCUT2D eigenvalue weighted by Crippen LogP contribution is 2.60. The average molecular weight is 732 g/mol. The molecule has 7 aliphatic rings. The summed E-state index contributed by atoms with van der Waals surface area (Å²) < 4.78 is 36.6. The maximum Gasteiger partial charge on any atom is 0.354 e. The zero-order chi connectivity index (χ0) is 30.8. The summed E-state index contributed by atoms with van der Waals surface area (Å²) in [5.74, 6) is -0.166. The minimum Gasteiger partial charge on any atom is -0.418 e. The lowest BCUT2D eigenvalue weighted by Crippen LogP contribution is -2.65. The van der Waals surface area contributed by atoms with Gasteiger partial charge < -0.3 is 18.9 Å². The lowest BCUT2D eigenvalue weighted by atomic mass is 9.53. The van der Waals surface area contributed by atoms with Crippen molar-refractivity contribution in [2.24, 2.45) is 23.7 Å². The van der Waals surface area contributed by atoms with Crippen LogP contribution in [0.4, 0.5) is 4.39 Å². The molecule has 3 aliphatic heterocycles. The number of carbonyl (C=O) groups excluding carboxylic acids is 2. The molecule has 0 atom stereocenters. The Kier molecular flexibility index (Phi) is 9.65. The summed E-state index contributed by atoms with van der Waals surface area (Å²) in [5, 5.41) is 0. The van der Waals surface area contributed by atoms with E-state index in [4.69, 9.17) is 18.9 Å². The van der Waals surface area contributed by atoms with Gasteiger partial charge in [0, 0.05) is 54.7 Å². The molecule has 7 fully saturated rings. The van der Waals surface area contributed by atoms with Gasteiger partial charge in [0.05, 0.1) is 26.4 Å². The number of morpholine rings is 2. The Morgan fingerprint density at radius 2 is 1.11 bits per heavy atom. The van der Waals surface area contributed by atoms with E-state index in [1.54, 1.807) is 0 Å². The Labute approximate surface area is 274 Å². The van der Waals surface area contributed by atoms with E-state index in [0.717, 1.165) is 112 Å². The fourth-order valence-electron chi connectivity index (χ4n) is 8.12. The minimum absolute atomic E-state index is 0.171. The first kappa shape index (κ1) is 31.4. The van der Waals surface area contributed by atoms with Crippen LogP contribution in [0.2, 0.25) is 0 Å². The summed E-state index contributed by atoms with van der Waals surface area (Å²) in [4.78, 5) is 30.7. The fourth-order valence-corrected chi connectivity index (χ4v) is 10.1. The average Bonchev–Trinajstić information content (AvgIpc) is 3.05. The second-order valence-electron chi connectivity index (χ2n) is 13.2. The number of benzene rings is 2. The Hall–Kier alpha value is -2.25. The molecule has 2 aromatic rings. The number of nitrogens with zero attached hydrogens (tertiary/aromatic N) is 2. The summed E-state index contributed by atoms with van der Waals surface area (Å²) in [5.41, 5.74) is 2.40. The van der Waals surface area contributed by atoms with Crippen LogP contribution in [0.15, 0.2) is 48.5 Å². The van der Waals surface area contributed by atoms with Gasteiger partial charge in [0.25, 0.3) is 5.79 Å². The van der Waals surface area contributed by atoms with E-state index in [2.05, 4.69) is 21.9 Å². The van der Waals surface area contributed by atoms with Gasteiger partial charge in [0.1, 0.15) is 5.82 Å². The third kappa shape index (κ3) is 7.20. The first-order chi connectivity index (χ1) is 21.9. The molecular formula is C35H42FIN2O6. The monoisotopic (exact) mass is 731 g/mol. The second-order valence-corrected chi connectivity index (χ2v) is 16.1. The summed E-state index contributed by atoms with van der Waals surface area (Å²) >= 11 is -0.929. The van der Waals surface area contributed by atoms with Crippen LogP contribution in [0.3, 0.4) is 0 Å². The third-order valence-electron chi connectivity index (χ3n) is 10.2. The Bertz CT molecular complexity index is 1340. The van der Waals surface area contributed by atoms with Gasteiger partial charge in [-0.25, -0.2) is 14.0 Å². The molecule has 3 saturated heterocycles. The maximum atomic E-state index is 13.0. The van der Waals surface area contributed by atoms with Crippen LogP contribution >= 0.6 is 20.7 Å². The number of halogens is 2. The molecule has 242 valence electrons. The van der Waals surface area contributed by atoms with E-state index in [9.17, 15) is 14.0 Å². The van der Waals surface area contributed by atoms with Crippen LogP contribution in [0.25, 0.3) is 0 Å². The van der Waals surface area contributed by atoms with Crippen molar-refractivity contribution in [3.8, 4) is 0 Å². The largest absolute Gasteiger partial charge is 0.418 e. The summed E-state index contributed by atoms with van der Waals surface area (Å²) in [6, 6.07) is 15.0. The van der Waals surface area contributed by atoms with Gasteiger partial charge in [-0.2, -0.15) is 0 Å². The van der Waals surface area contributed by atoms with Crippen molar-refractivity contribution < 1.29 is 32.9 Å². The van der Waals surface area contributed by atoms with Crippen LogP contribution < -0.4 is 0 Å². The second kappa shape index (κ2) is 13.9. The highest BCUT2D eigenvalue weighted by molar-refractivity contribution is 14.2. The van der Waals surface area contributed by atoms with E-state index in [-0.39, 0.29) is 21.2 Å². The van der Waals surface area contributed by atoms with E-state index in [0.29, 0.717) is 0 Å². The lowest BCUT2D eigenvalue weighted by molar-refractivity contribution is -0.308. The molecule has 3 heterocycles. The molecule has 0 radical (unpaired) electrons. The molecule has 45 heavy (non-hydrogen) atoms. The van der Waals surface area contributed by atoms with Crippen LogP contribution in [0, 0.1) is 33.1 Å². The van der Waals surface area contributed by atoms with Crippen molar-refractivity contribution in [1.29, 1.82) is 0 Å². The van der Waals surface area contributed by atoms with Crippen LogP contribution in [0.5, 0.6) is 0 Å². The smallest absolute Gasteiger partial charge is 0.354 e. The Balaban J connectivity index is 0.000000195. The van der Waals surface area contributed by atoms with E-state index < -0.39 is 38.5 Å². The van der Waals surface area contributed by atoms with Gasteiger partial charge in [-0.15, -0.1) is 0 Å². The number of esters is 2.